The summed E-state index contributed by atoms with van der Waals surface area (Å²) in [7, 11) is 0. The molecule has 0 unspecified atom stereocenters. The van der Waals surface area contributed by atoms with Crippen molar-refractivity contribution in [3.8, 4) is 0 Å². The van der Waals surface area contributed by atoms with Crippen molar-refractivity contribution in [3.63, 3.8) is 0 Å². The van der Waals surface area contributed by atoms with Crippen molar-refractivity contribution in [2.45, 2.75) is 57.7 Å². The molecule has 4 heterocycles. The third-order valence-corrected chi connectivity index (χ3v) is 5.60. The number of halogens is 3. The van der Waals surface area contributed by atoms with Crippen LogP contribution in [0, 0.1) is 0 Å². The first-order valence-corrected chi connectivity index (χ1v) is 10.3. The van der Waals surface area contributed by atoms with E-state index in [9.17, 15) is 18.0 Å². The Balaban J connectivity index is 1.52. The summed E-state index contributed by atoms with van der Waals surface area (Å²) in [6.45, 7) is 3.21. The van der Waals surface area contributed by atoms with Gasteiger partial charge in [-0.25, -0.2) is 9.97 Å². The number of carbonyl (C=O) groups is 1. The van der Waals surface area contributed by atoms with E-state index in [1.165, 1.54) is 6.33 Å². The first-order valence-electron chi connectivity index (χ1n) is 10.3. The lowest BCUT2D eigenvalue weighted by Gasteiger charge is -2.32. The minimum atomic E-state index is -4.54. The number of hydrogen-bond acceptors (Lipinski definition) is 6. The fourth-order valence-electron chi connectivity index (χ4n) is 4.03. The molecule has 0 aromatic carbocycles. The molecule has 1 fully saturated rings. The molecule has 1 amide bonds. The monoisotopic (exact) mass is 436 g/mol. The standard InChI is InChI=1S/C20H23F3N6O2/c1-2-14-9-15(20(21,22)23)17-18(27-31-19(17)26-14)13-5-3-7-28(10-13)16(30)6-4-8-29-12-24-11-25-29/h9,11-13H,2-8,10H2,1H3/t13-/m1/s1. The van der Waals surface area contributed by atoms with Gasteiger partial charge in [0.05, 0.1) is 16.6 Å². The van der Waals surface area contributed by atoms with Crippen LogP contribution in [-0.2, 0) is 23.9 Å². The molecule has 31 heavy (non-hydrogen) atoms. The summed E-state index contributed by atoms with van der Waals surface area (Å²) in [6.07, 6.45) is 1.11. The number of fused-ring (bicyclic) bond motifs is 1. The minimum absolute atomic E-state index is 0.0277. The van der Waals surface area contributed by atoms with E-state index in [1.807, 2.05) is 0 Å². The van der Waals surface area contributed by atoms with Gasteiger partial charge in [0.1, 0.15) is 12.7 Å². The van der Waals surface area contributed by atoms with Gasteiger partial charge in [0.25, 0.3) is 5.71 Å². The lowest BCUT2D eigenvalue weighted by molar-refractivity contribution is -0.136. The number of aryl methyl sites for hydroxylation is 2. The average Bonchev–Trinajstić information content (AvgIpc) is 3.42. The van der Waals surface area contributed by atoms with Crippen LogP contribution in [0.3, 0.4) is 0 Å². The number of pyridine rings is 1. The van der Waals surface area contributed by atoms with Gasteiger partial charge in [0, 0.05) is 37.7 Å². The largest absolute Gasteiger partial charge is 0.417 e. The highest BCUT2D eigenvalue weighted by Gasteiger charge is 2.38. The zero-order valence-electron chi connectivity index (χ0n) is 17.1. The van der Waals surface area contributed by atoms with Gasteiger partial charge in [-0.3, -0.25) is 9.48 Å². The lowest BCUT2D eigenvalue weighted by Crippen LogP contribution is -2.39. The zero-order chi connectivity index (χ0) is 22.0. The Morgan fingerprint density at radius 3 is 2.90 bits per heavy atom. The number of likely N-dealkylation sites (tertiary alicyclic amines) is 1. The van der Waals surface area contributed by atoms with Crippen LogP contribution in [0.15, 0.2) is 23.2 Å². The summed E-state index contributed by atoms with van der Waals surface area (Å²) in [5, 5.41) is 7.88. The molecular weight excluding hydrogens is 413 g/mol. The Morgan fingerprint density at radius 1 is 1.35 bits per heavy atom. The predicted octanol–water partition coefficient (Wildman–Crippen LogP) is 3.58. The normalized spacial score (nSPS) is 17.4. The van der Waals surface area contributed by atoms with Crippen LogP contribution in [0.2, 0.25) is 0 Å². The van der Waals surface area contributed by atoms with Gasteiger partial charge in [-0.2, -0.15) is 18.3 Å². The van der Waals surface area contributed by atoms with Gasteiger partial charge in [-0.15, -0.1) is 0 Å². The molecule has 3 aromatic rings. The predicted molar refractivity (Wildman–Crippen MR) is 104 cm³/mol. The maximum absolute atomic E-state index is 13.7. The van der Waals surface area contributed by atoms with Crippen LogP contribution >= 0.6 is 0 Å². The van der Waals surface area contributed by atoms with E-state index < -0.39 is 11.7 Å². The molecule has 3 aromatic heterocycles. The molecule has 1 saturated heterocycles. The first kappa shape index (κ1) is 21.3. The number of nitrogens with zero attached hydrogens (tertiary/aromatic N) is 6. The smallest absolute Gasteiger partial charge is 0.342 e. The number of piperidine rings is 1. The van der Waals surface area contributed by atoms with Crippen molar-refractivity contribution in [2.24, 2.45) is 0 Å². The third-order valence-electron chi connectivity index (χ3n) is 5.60. The summed E-state index contributed by atoms with van der Waals surface area (Å²) in [4.78, 5) is 22.4. The molecule has 8 nitrogen and oxygen atoms in total. The topological polar surface area (TPSA) is 89.9 Å². The molecular formula is C20H23F3N6O2. The summed E-state index contributed by atoms with van der Waals surface area (Å²) < 4.78 is 48.1. The van der Waals surface area contributed by atoms with E-state index in [1.54, 1.807) is 22.8 Å². The maximum Gasteiger partial charge on any atom is 0.417 e. The van der Waals surface area contributed by atoms with Crippen LogP contribution in [0.4, 0.5) is 13.2 Å². The summed E-state index contributed by atoms with van der Waals surface area (Å²) >= 11 is 0. The highest BCUT2D eigenvalue weighted by molar-refractivity contribution is 5.82. The number of carbonyl (C=O) groups excluding carboxylic acids is 1. The molecule has 1 aliphatic rings. The molecule has 0 spiro atoms. The van der Waals surface area contributed by atoms with Gasteiger partial charge in [-0.1, -0.05) is 12.1 Å². The second kappa shape index (κ2) is 8.64. The van der Waals surface area contributed by atoms with Crippen LogP contribution < -0.4 is 0 Å². The van der Waals surface area contributed by atoms with E-state index >= 15 is 0 Å². The van der Waals surface area contributed by atoms with Gasteiger partial charge < -0.3 is 9.42 Å². The number of aromatic nitrogens is 5. The number of alkyl halides is 3. The molecule has 0 aliphatic carbocycles. The average molecular weight is 436 g/mol. The molecule has 1 atom stereocenters. The van der Waals surface area contributed by atoms with Crippen molar-refractivity contribution in [1.82, 2.24) is 29.8 Å². The van der Waals surface area contributed by atoms with Crippen LogP contribution in [0.1, 0.15) is 55.5 Å². The Hall–Kier alpha value is -2.98. The molecule has 0 saturated carbocycles. The van der Waals surface area contributed by atoms with Crippen LogP contribution in [0.5, 0.6) is 0 Å². The molecule has 166 valence electrons. The Morgan fingerprint density at radius 2 is 2.19 bits per heavy atom. The zero-order valence-corrected chi connectivity index (χ0v) is 17.1. The summed E-state index contributed by atoms with van der Waals surface area (Å²) in [5.41, 5.74) is -0.340. The van der Waals surface area contributed by atoms with Crippen molar-refractivity contribution in [3.05, 3.63) is 35.7 Å². The Labute approximate surface area is 176 Å². The number of rotatable bonds is 6. The van der Waals surface area contributed by atoms with E-state index in [2.05, 4.69) is 20.2 Å². The highest BCUT2D eigenvalue weighted by Crippen LogP contribution is 2.40. The van der Waals surface area contributed by atoms with Crippen molar-refractivity contribution in [2.75, 3.05) is 13.1 Å². The number of amides is 1. The van der Waals surface area contributed by atoms with E-state index in [0.29, 0.717) is 57.4 Å². The van der Waals surface area contributed by atoms with Gasteiger partial charge >= 0.3 is 6.18 Å². The van der Waals surface area contributed by atoms with Crippen molar-refractivity contribution >= 4 is 17.0 Å². The SMILES string of the molecule is CCc1cc(C(F)(F)F)c2c([C@@H]3CCCN(C(=O)CCCn4cncn4)C3)noc2n1. The van der Waals surface area contributed by atoms with Gasteiger partial charge in [0.15, 0.2) is 0 Å². The molecule has 1 aliphatic heterocycles. The lowest BCUT2D eigenvalue weighted by atomic mass is 9.91. The molecule has 0 radical (unpaired) electrons. The van der Waals surface area contributed by atoms with E-state index in [0.717, 1.165) is 6.07 Å². The third kappa shape index (κ3) is 4.54. The Kier molecular flexibility index (Phi) is 5.92. The first-order chi connectivity index (χ1) is 14.9. The van der Waals surface area contributed by atoms with Crippen LogP contribution in [-0.4, -0.2) is 48.8 Å². The molecule has 11 heteroatoms. The van der Waals surface area contributed by atoms with Gasteiger partial charge in [-0.05, 0) is 31.7 Å². The summed E-state index contributed by atoms with van der Waals surface area (Å²) in [5.74, 6) is -0.357. The maximum atomic E-state index is 13.7. The highest BCUT2D eigenvalue weighted by atomic mass is 19.4. The van der Waals surface area contributed by atoms with Crippen molar-refractivity contribution in [1.29, 1.82) is 0 Å². The minimum Gasteiger partial charge on any atom is -0.342 e. The van der Waals surface area contributed by atoms with Crippen LogP contribution in [0.25, 0.3) is 11.1 Å². The quantitative estimate of drug-likeness (QED) is 0.587. The molecule has 4 rings (SSSR count). The van der Waals surface area contributed by atoms with E-state index in [-0.39, 0.29) is 28.6 Å². The second-order valence-corrected chi connectivity index (χ2v) is 7.70. The van der Waals surface area contributed by atoms with Gasteiger partial charge in [0.2, 0.25) is 5.91 Å². The fourth-order valence-corrected chi connectivity index (χ4v) is 4.03. The fraction of sp³-hybridized carbons (Fsp3) is 0.550. The number of hydrogen-bond donors (Lipinski definition) is 0. The molecule has 0 bridgehead atoms. The molecule has 0 N–H and O–H groups in total. The van der Waals surface area contributed by atoms with Crippen molar-refractivity contribution < 1.29 is 22.5 Å². The second-order valence-electron chi connectivity index (χ2n) is 7.70. The van der Waals surface area contributed by atoms with E-state index in [4.69, 9.17) is 4.52 Å². The summed E-state index contributed by atoms with van der Waals surface area (Å²) in [6, 6.07) is 1.07. The Bertz CT molecular complexity index is 1050.